The van der Waals surface area contributed by atoms with Crippen molar-refractivity contribution in [3.63, 3.8) is 0 Å². The Labute approximate surface area is 96.3 Å². The van der Waals surface area contributed by atoms with Gasteiger partial charge in [0.25, 0.3) is 0 Å². The molecule has 0 bridgehead atoms. The van der Waals surface area contributed by atoms with Gasteiger partial charge in [-0.05, 0) is 6.07 Å². The van der Waals surface area contributed by atoms with E-state index in [9.17, 15) is 23.1 Å². The number of phenolic OH excluding ortho intramolecular Hbond substituents is 1. The van der Waals surface area contributed by atoms with Crippen LogP contribution in [0.5, 0.6) is 5.75 Å². The van der Waals surface area contributed by atoms with Gasteiger partial charge in [0.1, 0.15) is 5.75 Å². The molecule has 0 unspecified atom stereocenters. The first-order valence-electron chi connectivity index (χ1n) is 4.99. The second kappa shape index (κ2) is 5.56. The van der Waals surface area contributed by atoms with Gasteiger partial charge in [0.05, 0.1) is 12.8 Å². The average molecular weight is 247 g/mol. The monoisotopic (exact) mass is 247 g/mol. The van der Waals surface area contributed by atoms with E-state index >= 15 is 0 Å². The highest BCUT2D eigenvalue weighted by Gasteiger charge is 2.26. The van der Waals surface area contributed by atoms with Crippen molar-refractivity contribution >= 4 is 5.91 Å². The number of amides is 1. The van der Waals surface area contributed by atoms with Crippen LogP contribution in [0.2, 0.25) is 0 Å². The molecule has 0 saturated carbocycles. The molecule has 1 amide bonds. The van der Waals surface area contributed by atoms with Crippen LogP contribution < -0.4 is 5.32 Å². The minimum atomic E-state index is -4.28. The van der Waals surface area contributed by atoms with Gasteiger partial charge in [0, 0.05) is 12.1 Å². The maximum atomic E-state index is 11.8. The van der Waals surface area contributed by atoms with Gasteiger partial charge in [-0.25, -0.2) is 0 Å². The number of rotatable bonds is 4. The van der Waals surface area contributed by atoms with Crippen molar-refractivity contribution in [3.8, 4) is 5.75 Å². The second-order valence-electron chi connectivity index (χ2n) is 3.52. The van der Waals surface area contributed by atoms with Crippen LogP contribution in [0.25, 0.3) is 0 Å². The first kappa shape index (κ1) is 13.3. The molecule has 1 rings (SSSR count). The smallest absolute Gasteiger partial charge is 0.390 e. The summed E-state index contributed by atoms with van der Waals surface area (Å²) in [6, 6.07) is 6.19. The highest BCUT2D eigenvalue weighted by molar-refractivity contribution is 5.79. The van der Waals surface area contributed by atoms with Crippen molar-refractivity contribution < 1.29 is 23.1 Å². The summed E-state index contributed by atoms with van der Waals surface area (Å²) in [7, 11) is 0. The molecule has 94 valence electrons. The number of alkyl halides is 3. The van der Waals surface area contributed by atoms with E-state index in [0.29, 0.717) is 5.56 Å². The molecule has 1 aromatic rings. The third-order valence-electron chi connectivity index (χ3n) is 2.07. The van der Waals surface area contributed by atoms with E-state index in [0.717, 1.165) is 0 Å². The first-order chi connectivity index (χ1) is 7.88. The molecule has 0 aromatic heterocycles. The van der Waals surface area contributed by atoms with E-state index in [1.165, 1.54) is 6.07 Å². The summed E-state index contributed by atoms with van der Waals surface area (Å²) >= 11 is 0. The lowest BCUT2D eigenvalue weighted by Gasteiger charge is -2.08. The minimum absolute atomic E-state index is 0.0431. The van der Waals surface area contributed by atoms with Crippen LogP contribution in [0.3, 0.4) is 0 Å². The molecule has 0 aliphatic heterocycles. The van der Waals surface area contributed by atoms with Crippen LogP contribution in [0, 0.1) is 0 Å². The quantitative estimate of drug-likeness (QED) is 0.855. The Kier molecular flexibility index (Phi) is 4.37. The zero-order chi connectivity index (χ0) is 12.9. The van der Waals surface area contributed by atoms with Crippen molar-refractivity contribution in [2.75, 3.05) is 6.54 Å². The van der Waals surface area contributed by atoms with Crippen molar-refractivity contribution in [3.05, 3.63) is 29.8 Å². The summed E-state index contributed by atoms with van der Waals surface area (Å²) in [5.74, 6) is -0.589. The lowest BCUT2D eigenvalue weighted by molar-refractivity contribution is -0.135. The molecular weight excluding hydrogens is 235 g/mol. The number of nitrogens with one attached hydrogen (secondary N) is 1. The van der Waals surface area contributed by atoms with Crippen LogP contribution in [-0.2, 0) is 11.2 Å². The molecule has 0 fully saturated rings. The van der Waals surface area contributed by atoms with Gasteiger partial charge < -0.3 is 10.4 Å². The molecule has 3 nitrogen and oxygen atoms in total. The van der Waals surface area contributed by atoms with Crippen molar-refractivity contribution in [2.45, 2.75) is 19.0 Å². The summed E-state index contributed by atoms with van der Waals surface area (Å²) in [6.07, 6.45) is -5.47. The van der Waals surface area contributed by atoms with Gasteiger partial charge in [-0.1, -0.05) is 18.2 Å². The summed E-state index contributed by atoms with van der Waals surface area (Å²) in [5, 5.41) is 11.5. The molecule has 0 saturated heterocycles. The van der Waals surface area contributed by atoms with Gasteiger partial charge >= 0.3 is 6.18 Å². The molecule has 2 N–H and O–H groups in total. The largest absolute Gasteiger partial charge is 0.508 e. The zero-order valence-electron chi connectivity index (χ0n) is 8.92. The Morgan fingerprint density at radius 3 is 2.53 bits per heavy atom. The average Bonchev–Trinajstić information content (AvgIpc) is 2.19. The number of para-hydroxylation sites is 1. The lowest BCUT2D eigenvalue weighted by atomic mass is 10.1. The van der Waals surface area contributed by atoms with E-state index < -0.39 is 25.0 Å². The number of hydrogen-bond donors (Lipinski definition) is 2. The van der Waals surface area contributed by atoms with Crippen molar-refractivity contribution in [1.82, 2.24) is 5.32 Å². The molecule has 0 radical (unpaired) electrons. The van der Waals surface area contributed by atoms with Crippen LogP contribution >= 0.6 is 0 Å². The van der Waals surface area contributed by atoms with Crippen LogP contribution in [0.4, 0.5) is 13.2 Å². The molecule has 0 aliphatic carbocycles. The summed E-state index contributed by atoms with van der Waals surface area (Å²) < 4.78 is 35.4. The van der Waals surface area contributed by atoms with E-state index in [1.807, 2.05) is 0 Å². The number of aromatic hydroxyl groups is 1. The Hall–Kier alpha value is -1.72. The maximum absolute atomic E-state index is 11.8. The van der Waals surface area contributed by atoms with Crippen molar-refractivity contribution in [1.29, 1.82) is 0 Å². The van der Waals surface area contributed by atoms with E-state index in [1.54, 1.807) is 18.2 Å². The van der Waals surface area contributed by atoms with E-state index in [2.05, 4.69) is 5.32 Å². The van der Waals surface area contributed by atoms with Crippen LogP contribution in [-0.4, -0.2) is 23.7 Å². The van der Waals surface area contributed by atoms with Crippen LogP contribution in [0.1, 0.15) is 12.0 Å². The summed E-state index contributed by atoms with van der Waals surface area (Å²) in [5.41, 5.74) is 0.386. The topological polar surface area (TPSA) is 49.3 Å². The predicted octanol–water partition coefficient (Wildman–Crippen LogP) is 2.00. The maximum Gasteiger partial charge on any atom is 0.390 e. The number of halogens is 3. The molecule has 17 heavy (non-hydrogen) atoms. The zero-order valence-corrected chi connectivity index (χ0v) is 8.92. The molecule has 0 aliphatic rings. The normalized spacial score (nSPS) is 11.2. The molecule has 6 heteroatoms. The lowest BCUT2D eigenvalue weighted by Crippen LogP contribution is -2.29. The standard InChI is InChI=1S/C11H12F3NO2/c12-11(13,14)5-6-15-10(17)7-8-3-1-2-4-9(8)16/h1-4,16H,5-7H2,(H,15,17). The Morgan fingerprint density at radius 1 is 1.29 bits per heavy atom. The number of carbonyl (C=O) groups excluding carboxylic acids is 1. The van der Waals surface area contributed by atoms with Gasteiger partial charge in [0.15, 0.2) is 0 Å². The molecule has 0 heterocycles. The highest BCUT2D eigenvalue weighted by atomic mass is 19.4. The van der Waals surface area contributed by atoms with E-state index in [4.69, 9.17) is 0 Å². The summed E-state index contributed by atoms with van der Waals surface area (Å²) in [6.45, 7) is -0.448. The molecule has 0 spiro atoms. The fraction of sp³-hybridized carbons (Fsp3) is 0.364. The minimum Gasteiger partial charge on any atom is -0.508 e. The molecular formula is C11H12F3NO2. The fourth-order valence-corrected chi connectivity index (χ4v) is 1.24. The third-order valence-corrected chi connectivity index (χ3v) is 2.07. The van der Waals surface area contributed by atoms with Gasteiger partial charge in [-0.15, -0.1) is 0 Å². The van der Waals surface area contributed by atoms with Crippen LogP contribution in [0.15, 0.2) is 24.3 Å². The highest BCUT2D eigenvalue weighted by Crippen LogP contribution is 2.18. The second-order valence-corrected chi connectivity index (χ2v) is 3.52. The summed E-state index contributed by atoms with van der Waals surface area (Å²) in [4.78, 5) is 11.3. The Morgan fingerprint density at radius 2 is 1.94 bits per heavy atom. The predicted molar refractivity (Wildman–Crippen MR) is 55.5 cm³/mol. The SMILES string of the molecule is O=C(Cc1ccccc1O)NCCC(F)(F)F. The Balaban J connectivity index is 2.38. The number of benzene rings is 1. The van der Waals surface area contributed by atoms with Gasteiger partial charge in [-0.3, -0.25) is 4.79 Å². The molecule has 1 aromatic carbocycles. The van der Waals surface area contributed by atoms with Crippen molar-refractivity contribution in [2.24, 2.45) is 0 Å². The number of carbonyl (C=O) groups is 1. The van der Waals surface area contributed by atoms with Gasteiger partial charge in [0.2, 0.25) is 5.91 Å². The third kappa shape index (κ3) is 5.24. The van der Waals surface area contributed by atoms with E-state index in [-0.39, 0.29) is 12.2 Å². The first-order valence-corrected chi connectivity index (χ1v) is 4.99. The fourth-order valence-electron chi connectivity index (χ4n) is 1.24. The number of phenols is 1. The molecule has 0 atom stereocenters. The number of hydrogen-bond acceptors (Lipinski definition) is 2. The van der Waals surface area contributed by atoms with Gasteiger partial charge in [-0.2, -0.15) is 13.2 Å². The Bertz CT molecular complexity index is 391.